The highest BCUT2D eigenvalue weighted by molar-refractivity contribution is 5.80. The third kappa shape index (κ3) is 5.28. The van der Waals surface area contributed by atoms with Gasteiger partial charge in [-0.3, -0.25) is 4.79 Å². The van der Waals surface area contributed by atoms with Crippen LogP contribution in [0, 0.1) is 6.92 Å². The molecular weight excluding hydrogens is 286 g/mol. The lowest BCUT2D eigenvalue weighted by atomic mass is 10.2. The molecule has 0 aliphatic rings. The summed E-state index contributed by atoms with van der Waals surface area (Å²) >= 11 is 0. The zero-order valence-corrected chi connectivity index (χ0v) is 12.2. The van der Waals surface area contributed by atoms with Crippen LogP contribution in [0.15, 0.2) is 40.9 Å². The molecule has 1 aromatic carbocycles. The van der Waals surface area contributed by atoms with E-state index in [0.717, 1.165) is 5.56 Å². The van der Waals surface area contributed by atoms with Crippen molar-refractivity contribution in [2.45, 2.75) is 20.1 Å². The van der Waals surface area contributed by atoms with Crippen molar-refractivity contribution in [2.75, 3.05) is 6.54 Å². The van der Waals surface area contributed by atoms with Crippen LogP contribution in [-0.2, 0) is 22.7 Å². The van der Waals surface area contributed by atoms with E-state index >= 15 is 0 Å². The highest BCUT2D eigenvalue weighted by Gasteiger charge is 2.08. The first-order chi connectivity index (χ1) is 10.6. The molecule has 2 rings (SSSR count). The van der Waals surface area contributed by atoms with Gasteiger partial charge >= 0.3 is 12.0 Å². The molecule has 0 unspecified atom stereocenters. The van der Waals surface area contributed by atoms with Crippen molar-refractivity contribution < 1.29 is 18.8 Å². The number of nitrogens with one attached hydrogen (secondary N) is 2. The zero-order valence-electron chi connectivity index (χ0n) is 12.2. The summed E-state index contributed by atoms with van der Waals surface area (Å²) in [5.74, 6) is -0.0942. The average Bonchev–Trinajstić information content (AvgIpc) is 2.95. The summed E-state index contributed by atoms with van der Waals surface area (Å²) < 4.78 is 9.84. The van der Waals surface area contributed by atoms with E-state index in [1.54, 1.807) is 13.0 Å². The molecule has 0 radical (unpaired) electrons. The van der Waals surface area contributed by atoms with Crippen molar-refractivity contribution in [3.8, 4) is 0 Å². The molecule has 0 bridgehead atoms. The van der Waals surface area contributed by atoms with Crippen LogP contribution < -0.4 is 10.6 Å². The fraction of sp³-hybridized carbons (Fsp3) is 0.267. The summed E-state index contributed by atoms with van der Waals surface area (Å²) in [4.78, 5) is 23.0. The first-order valence-corrected chi connectivity index (χ1v) is 6.77. The average molecular weight is 303 g/mol. The van der Waals surface area contributed by atoms with Crippen molar-refractivity contribution >= 4 is 12.0 Å². The summed E-state index contributed by atoms with van der Waals surface area (Å²) in [6.45, 7) is 1.94. The molecule has 2 amide bonds. The molecule has 2 aromatic rings. The van der Waals surface area contributed by atoms with Gasteiger partial charge < -0.3 is 19.9 Å². The van der Waals surface area contributed by atoms with E-state index in [1.165, 1.54) is 0 Å². The molecule has 1 aromatic heterocycles. The molecule has 116 valence electrons. The van der Waals surface area contributed by atoms with Gasteiger partial charge in [-0.25, -0.2) is 4.79 Å². The number of aryl methyl sites for hydroxylation is 1. The Morgan fingerprint density at radius 2 is 2.00 bits per heavy atom. The molecule has 0 fully saturated rings. The monoisotopic (exact) mass is 303 g/mol. The number of nitrogens with zero attached hydrogens (tertiary/aromatic N) is 1. The third-order valence-electron chi connectivity index (χ3n) is 2.74. The van der Waals surface area contributed by atoms with Crippen LogP contribution in [0.2, 0.25) is 0 Å². The first-order valence-electron chi connectivity index (χ1n) is 6.77. The standard InChI is InChI=1S/C15H17N3O4/c1-11-7-13(22-18-11)10-21-14(19)9-17-15(20)16-8-12-5-3-2-4-6-12/h2-7H,8-10H2,1H3,(H2,16,17,20). The summed E-state index contributed by atoms with van der Waals surface area (Å²) in [6.07, 6.45) is 0. The fourth-order valence-electron chi connectivity index (χ4n) is 1.68. The van der Waals surface area contributed by atoms with Crippen LogP contribution in [0.1, 0.15) is 17.0 Å². The van der Waals surface area contributed by atoms with E-state index in [4.69, 9.17) is 9.26 Å². The van der Waals surface area contributed by atoms with E-state index in [-0.39, 0.29) is 13.2 Å². The topological polar surface area (TPSA) is 93.5 Å². The number of aromatic nitrogens is 1. The lowest BCUT2D eigenvalue weighted by Gasteiger charge is -2.07. The molecule has 0 aliphatic carbocycles. The van der Waals surface area contributed by atoms with Crippen molar-refractivity contribution in [3.63, 3.8) is 0 Å². The van der Waals surface area contributed by atoms with Gasteiger partial charge in [-0.2, -0.15) is 0 Å². The molecule has 0 saturated carbocycles. The van der Waals surface area contributed by atoms with Gasteiger partial charge in [0.15, 0.2) is 12.4 Å². The quantitative estimate of drug-likeness (QED) is 0.789. The van der Waals surface area contributed by atoms with Crippen molar-refractivity contribution in [1.29, 1.82) is 0 Å². The Morgan fingerprint density at radius 3 is 2.68 bits per heavy atom. The summed E-state index contributed by atoms with van der Waals surface area (Å²) in [6, 6.07) is 10.7. The Kier molecular flexibility index (Phi) is 5.53. The minimum absolute atomic E-state index is 0.00696. The van der Waals surface area contributed by atoms with Gasteiger partial charge in [0.05, 0.1) is 5.69 Å². The second kappa shape index (κ2) is 7.82. The number of esters is 1. The number of hydrogen-bond donors (Lipinski definition) is 2. The second-order valence-corrected chi connectivity index (χ2v) is 4.62. The maximum atomic E-state index is 11.5. The molecule has 2 N–H and O–H groups in total. The molecule has 7 heteroatoms. The Balaban J connectivity index is 1.62. The van der Waals surface area contributed by atoms with Gasteiger partial charge in [0.2, 0.25) is 0 Å². The van der Waals surface area contributed by atoms with E-state index < -0.39 is 12.0 Å². The SMILES string of the molecule is Cc1cc(COC(=O)CNC(=O)NCc2ccccc2)on1. The summed E-state index contributed by atoms with van der Waals surface area (Å²) in [5, 5.41) is 8.74. The number of benzene rings is 1. The minimum Gasteiger partial charge on any atom is -0.456 e. The van der Waals surface area contributed by atoms with Gasteiger partial charge in [-0.1, -0.05) is 35.5 Å². The largest absolute Gasteiger partial charge is 0.456 e. The van der Waals surface area contributed by atoms with Crippen LogP contribution in [0.3, 0.4) is 0 Å². The van der Waals surface area contributed by atoms with Gasteiger partial charge in [0, 0.05) is 12.6 Å². The van der Waals surface area contributed by atoms with Crippen LogP contribution >= 0.6 is 0 Å². The Bertz CT molecular complexity index is 625. The zero-order chi connectivity index (χ0) is 15.8. The van der Waals surface area contributed by atoms with Crippen molar-refractivity contribution in [1.82, 2.24) is 15.8 Å². The smallest absolute Gasteiger partial charge is 0.325 e. The first kappa shape index (κ1) is 15.6. The normalized spacial score (nSPS) is 10.0. The predicted octanol–water partition coefficient (Wildman–Crippen LogP) is 1.53. The number of urea groups is 1. The fourth-order valence-corrected chi connectivity index (χ4v) is 1.68. The van der Waals surface area contributed by atoms with E-state index in [2.05, 4.69) is 15.8 Å². The number of carbonyl (C=O) groups is 2. The lowest BCUT2D eigenvalue weighted by Crippen LogP contribution is -2.38. The molecular formula is C15H17N3O4. The predicted molar refractivity (Wildman–Crippen MR) is 77.7 cm³/mol. The van der Waals surface area contributed by atoms with Crippen LogP contribution in [-0.4, -0.2) is 23.7 Å². The molecule has 0 saturated heterocycles. The number of hydrogen-bond acceptors (Lipinski definition) is 5. The van der Waals surface area contributed by atoms with Crippen LogP contribution in [0.25, 0.3) is 0 Å². The highest BCUT2D eigenvalue weighted by Crippen LogP contribution is 2.03. The Labute approximate surface area is 127 Å². The number of ether oxygens (including phenoxy) is 1. The number of carbonyl (C=O) groups excluding carboxylic acids is 2. The number of amides is 2. The van der Waals surface area contributed by atoms with Crippen molar-refractivity contribution in [2.24, 2.45) is 0 Å². The van der Waals surface area contributed by atoms with E-state index in [9.17, 15) is 9.59 Å². The molecule has 0 aliphatic heterocycles. The lowest BCUT2D eigenvalue weighted by molar-refractivity contribution is -0.144. The van der Waals surface area contributed by atoms with Crippen LogP contribution in [0.5, 0.6) is 0 Å². The van der Waals surface area contributed by atoms with E-state index in [1.807, 2.05) is 30.3 Å². The molecule has 7 nitrogen and oxygen atoms in total. The minimum atomic E-state index is -0.552. The van der Waals surface area contributed by atoms with Gasteiger partial charge in [-0.05, 0) is 12.5 Å². The maximum absolute atomic E-state index is 11.5. The number of rotatable bonds is 6. The second-order valence-electron chi connectivity index (χ2n) is 4.62. The summed E-state index contributed by atoms with van der Waals surface area (Å²) in [7, 11) is 0. The van der Waals surface area contributed by atoms with E-state index in [0.29, 0.717) is 18.0 Å². The van der Waals surface area contributed by atoms with Gasteiger partial charge in [-0.15, -0.1) is 0 Å². The molecule has 0 spiro atoms. The van der Waals surface area contributed by atoms with Gasteiger partial charge in [0.25, 0.3) is 0 Å². The highest BCUT2D eigenvalue weighted by atomic mass is 16.5. The Morgan fingerprint density at radius 1 is 1.23 bits per heavy atom. The molecule has 1 heterocycles. The summed E-state index contributed by atoms with van der Waals surface area (Å²) in [5.41, 5.74) is 1.69. The Hall–Kier alpha value is -2.83. The van der Waals surface area contributed by atoms with Crippen LogP contribution in [0.4, 0.5) is 4.79 Å². The third-order valence-corrected chi connectivity index (χ3v) is 2.74. The maximum Gasteiger partial charge on any atom is 0.325 e. The van der Waals surface area contributed by atoms with Crippen molar-refractivity contribution in [3.05, 3.63) is 53.4 Å². The van der Waals surface area contributed by atoms with Gasteiger partial charge in [0.1, 0.15) is 6.54 Å². The molecule has 22 heavy (non-hydrogen) atoms. The molecule has 0 atom stereocenters.